The van der Waals surface area contributed by atoms with Crippen LogP contribution in [-0.4, -0.2) is 35.4 Å². The number of hydrogen-bond acceptors (Lipinski definition) is 3. The van der Waals surface area contributed by atoms with E-state index in [1.807, 2.05) is 44.2 Å². The molecule has 2 aromatic rings. The molecular formula is C22H27ClN2O3. The summed E-state index contributed by atoms with van der Waals surface area (Å²) in [5, 5.41) is 3.54. The molecule has 2 aromatic carbocycles. The summed E-state index contributed by atoms with van der Waals surface area (Å²) in [6, 6.07) is 15.8. The van der Waals surface area contributed by atoms with Crippen LogP contribution in [0, 0.1) is 0 Å². The van der Waals surface area contributed by atoms with Crippen molar-refractivity contribution in [3.05, 3.63) is 65.2 Å². The number of halogens is 1. The number of nitrogens with one attached hydrogen (secondary N) is 1. The smallest absolute Gasteiger partial charge is 0.261 e. The monoisotopic (exact) mass is 402 g/mol. The molecular weight excluding hydrogens is 376 g/mol. The molecule has 0 aliphatic carbocycles. The summed E-state index contributed by atoms with van der Waals surface area (Å²) in [6.45, 7) is 5.86. The molecule has 5 nitrogen and oxygen atoms in total. The van der Waals surface area contributed by atoms with E-state index in [0.717, 1.165) is 12.0 Å². The van der Waals surface area contributed by atoms with Gasteiger partial charge in [0.15, 0.2) is 6.61 Å². The minimum Gasteiger partial charge on any atom is -0.484 e. The van der Waals surface area contributed by atoms with Gasteiger partial charge >= 0.3 is 0 Å². The zero-order valence-corrected chi connectivity index (χ0v) is 17.3. The van der Waals surface area contributed by atoms with Crippen molar-refractivity contribution in [1.82, 2.24) is 10.2 Å². The highest BCUT2D eigenvalue weighted by Crippen LogP contribution is 2.16. The van der Waals surface area contributed by atoms with Crippen LogP contribution in [0.1, 0.15) is 32.8 Å². The van der Waals surface area contributed by atoms with E-state index in [0.29, 0.717) is 17.3 Å². The van der Waals surface area contributed by atoms with Crippen LogP contribution in [0.2, 0.25) is 5.02 Å². The van der Waals surface area contributed by atoms with E-state index in [1.165, 1.54) is 0 Å². The lowest BCUT2D eigenvalue weighted by molar-refractivity contribution is -0.142. The molecule has 1 N–H and O–H groups in total. The maximum Gasteiger partial charge on any atom is 0.261 e. The third-order valence-corrected chi connectivity index (χ3v) is 4.79. The Kier molecular flexibility index (Phi) is 8.33. The molecule has 0 fully saturated rings. The number of carbonyl (C=O) groups excluding carboxylic acids is 2. The Morgan fingerprint density at radius 2 is 1.71 bits per heavy atom. The van der Waals surface area contributed by atoms with Crippen molar-refractivity contribution in [3.8, 4) is 5.75 Å². The van der Waals surface area contributed by atoms with Gasteiger partial charge < -0.3 is 15.0 Å². The first-order valence-corrected chi connectivity index (χ1v) is 9.80. The van der Waals surface area contributed by atoms with Crippen LogP contribution in [-0.2, 0) is 16.1 Å². The Morgan fingerprint density at radius 3 is 2.32 bits per heavy atom. The number of nitrogens with zero attached hydrogens (tertiary/aromatic N) is 1. The Hall–Kier alpha value is -2.53. The van der Waals surface area contributed by atoms with Crippen LogP contribution in [0.3, 0.4) is 0 Å². The minimum atomic E-state index is -0.615. The Morgan fingerprint density at radius 1 is 1.07 bits per heavy atom. The van der Waals surface area contributed by atoms with Gasteiger partial charge in [-0.05, 0) is 50.1 Å². The Labute approximate surface area is 171 Å². The first-order valence-electron chi connectivity index (χ1n) is 9.42. The maximum absolute atomic E-state index is 12.9. The fraction of sp³-hybridized carbons (Fsp3) is 0.364. The van der Waals surface area contributed by atoms with Gasteiger partial charge in [-0.25, -0.2) is 0 Å². The van der Waals surface area contributed by atoms with Gasteiger partial charge in [0, 0.05) is 17.6 Å². The SMILES string of the molecule is CC[C@H](C)NC(=O)[C@@H](C)N(Cc1ccccc1)C(=O)COc1ccc(Cl)cc1. The van der Waals surface area contributed by atoms with E-state index in [4.69, 9.17) is 16.3 Å². The zero-order chi connectivity index (χ0) is 20.5. The first kappa shape index (κ1) is 21.8. The lowest BCUT2D eigenvalue weighted by Gasteiger charge is -2.29. The molecule has 0 bridgehead atoms. The molecule has 2 rings (SSSR count). The van der Waals surface area contributed by atoms with Gasteiger partial charge in [-0.3, -0.25) is 9.59 Å². The number of hydrogen-bond donors (Lipinski definition) is 1. The molecule has 150 valence electrons. The summed E-state index contributed by atoms with van der Waals surface area (Å²) in [7, 11) is 0. The summed E-state index contributed by atoms with van der Waals surface area (Å²) >= 11 is 5.87. The average Bonchev–Trinajstić information content (AvgIpc) is 2.71. The average molecular weight is 403 g/mol. The van der Waals surface area contributed by atoms with Crippen molar-refractivity contribution in [2.45, 2.75) is 45.8 Å². The van der Waals surface area contributed by atoms with Gasteiger partial charge in [-0.1, -0.05) is 48.9 Å². The fourth-order valence-corrected chi connectivity index (χ4v) is 2.71. The molecule has 0 unspecified atom stereocenters. The molecule has 0 saturated carbocycles. The molecule has 0 aromatic heterocycles. The predicted molar refractivity (Wildman–Crippen MR) is 111 cm³/mol. The Bertz CT molecular complexity index is 765. The van der Waals surface area contributed by atoms with Crippen LogP contribution < -0.4 is 10.1 Å². The van der Waals surface area contributed by atoms with Crippen LogP contribution in [0.4, 0.5) is 0 Å². The number of carbonyl (C=O) groups is 2. The van der Waals surface area contributed by atoms with Crippen molar-refractivity contribution in [2.75, 3.05) is 6.61 Å². The van der Waals surface area contributed by atoms with E-state index in [-0.39, 0.29) is 24.5 Å². The van der Waals surface area contributed by atoms with Crippen molar-refractivity contribution < 1.29 is 14.3 Å². The molecule has 0 heterocycles. The molecule has 0 radical (unpaired) electrons. The van der Waals surface area contributed by atoms with E-state index in [1.54, 1.807) is 36.1 Å². The molecule has 0 aliphatic heterocycles. The van der Waals surface area contributed by atoms with E-state index < -0.39 is 6.04 Å². The maximum atomic E-state index is 12.9. The molecule has 0 spiro atoms. The minimum absolute atomic E-state index is 0.0499. The van der Waals surface area contributed by atoms with Gasteiger partial charge in [0.1, 0.15) is 11.8 Å². The largest absolute Gasteiger partial charge is 0.484 e. The first-order chi connectivity index (χ1) is 13.4. The highest BCUT2D eigenvalue weighted by atomic mass is 35.5. The van der Waals surface area contributed by atoms with Crippen molar-refractivity contribution >= 4 is 23.4 Å². The van der Waals surface area contributed by atoms with Gasteiger partial charge in [-0.2, -0.15) is 0 Å². The van der Waals surface area contributed by atoms with Crippen LogP contribution in [0.5, 0.6) is 5.75 Å². The fourth-order valence-electron chi connectivity index (χ4n) is 2.59. The number of ether oxygens (including phenoxy) is 1. The van der Waals surface area contributed by atoms with Crippen molar-refractivity contribution in [1.29, 1.82) is 0 Å². The van der Waals surface area contributed by atoms with E-state index >= 15 is 0 Å². The van der Waals surface area contributed by atoms with Crippen LogP contribution in [0.25, 0.3) is 0 Å². The summed E-state index contributed by atoms with van der Waals surface area (Å²) < 4.78 is 5.59. The predicted octanol–water partition coefficient (Wildman–Crippen LogP) is 4.05. The Balaban J connectivity index is 2.10. The van der Waals surface area contributed by atoms with E-state index in [2.05, 4.69) is 5.32 Å². The quantitative estimate of drug-likeness (QED) is 0.688. The summed E-state index contributed by atoms with van der Waals surface area (Å²) in [6.07, 6.45) is 0.824. The molecule has 0 saturated heterocycles. The molecule has 28 heavy (non-hydrogen) atoms. The lowest BCUT2D eigenvalue weighted by atomic mass is 10.1. The highest BCUT2D eigenvalue weighted by Gasteiger charge is 2.27. The second-order valence-electron chi connectivity index (χ2n) is 6.74. The summed E-state index contributed by atoms with van der Waals surface area (Å²) in [5.41, 5.74) is 0.950. The standard InChI is InChI=1S/C22H27ClN2O3/c1-4-16(2)24-22(27)17(3)25(14-18-8-6-5-7-9-18)21(26)15-28-20-12-10-19(23)11-13-20/h5-13,16-17H,4,14-15H2,1-3H3,(H,24,27)/t16-,17+/m0/s1. The summed E-state index contributed by atoms with van der Waals surface area (Å²) in [5.74, 6) is 0.116. The molecule has 6 heteroatoms. The third-order valence-electron chi connectivity index (χ3n) is 4.54. The molecule has 0 aliphatic rings. The molecule has 2 atom stereocenters. The lowest BCUT2D eigenvalue weighted by Crippen LogP contribution is -2.50. The van der Waals surface area contributed by atoms with Crippen LogP contribution in [0.15, 0.2) is 54.6 Å². The number of benzene rings is 2. The number of amides is 2. The zero-order valence-electron chi connectivity index (χ0n) is 16.5. The van der Waals surface area contributed by atoms with Gasteiger partial charge in [0.25, 0.3) is 5.91 Å². The second kappa shape index (κ2) is 10.7. The topological polar surface area (TPSA) is 58.6 Å². The molecule has 2 amide bonds. The summed E-state index contributed by atoms with van der Waals surface area (Å²) in [4.78, 5) is 27.0. The highest BCUT2D eigenvalue weighted by molar-refractivity contribution is 6.30. The van der Waals surface area contributed by atoms with Gasteiger partial charge in [-0.15, -0.1) is 0 Å². The van der Waals surface area contributed by atoms with Gasteiger partial charge in [0.05, 0.1) is 0 Å². The van der Waals surface area contributed by atoms with Crippen molar-refractivity contribution in [2.24, 2.45) is 0 Å². The number of rotatable bonds is 9. The van der Waals surface area contributed by atoms with E-state index in [9.17, 15) is 9.59 Å². The van der Waals surface area contributed by atoms with Crippen LogP contribution >= 0.6 is 11.6 Å². The normalized spacial score (nSPS) is 12.7. The van der Waals surface area contributed by atoms with Crippen molar-refractivity contribution in [3.63, 3.8) is 0 Å². The van der Waals surface area contributed by atoms with Gasteiger partial charge in [0.2, 0.25) is 5.91 Å². The second-order valence-corrected chi connectivity index (χ2v) is 7.18. The third kappa shape index (κ3) is 6.57.